The van der Waals surface area contributed by atoms with Gasteiger partial charge in [-0.3, -0.25) is 9.59 Å². The van der Waals surface area contributed by atoms with Crippen LogP contribution in [0.1, 0.15) is 53.3 Å². The minimum atomic E-state index is -0.388. The van der Waals surface area contributed by atoms with E-state index in [1.54, 1.807) is 6.07 Å². The Morgan fingerprint density at radius 2 is 1.66 bits per heavy atom. The van der Waals surface area contributed by atoms with Gasteiger partial charge in [-0.05, 0) is 74.1 Å². The van der Waals surface area contributed by atoms with Gasteiger partial charge in [0.2, 0.25) is 0 Å². The van der Waals surface area contributed by atoms with Crippen molar-refractivity contribution in [2.24, 2.45) is 5.92 Å². The van der Waals surface area contributed by atoms with Gasteiger partial charge < -0.3 is 15.5 Å². The van der Waals surface area contributed by atoms with Gasteiger partial charge in [-0.25, -0.2) is 4.39 Å². The van der Waals surface area contributed by atoms with E-state index in [1.165, 1.54) is 24.3 Å². The molecule has 1 saturated carbocycles. The molecule has 0 unspecified atom stereocenters. The monoisotopic (exact) mass is 395 g/mol. The van der Waals surface area contributed by atoms with Crippen molar-refractivity contribution < 1.29 is 14.0 Å². The van der Waals surface area contributed by atoms with Crippen LogP contribution in [0.2, 0.25) is 0 Å². The summed E-state index contributed by atoms with van der Waals surface area (Å²) in [6, 6.07) is 11.1. The highest BCUT2D eigenvalue weighted by molar-refractivity contribution is 6.06. The fraction of sp³-hybridized carbons (Fsp3) is 0.391. The van der Waals surface area contributed by atoms with Gasteiger partial charge >= 0.3 is 0 Å². The largest absolute Gasteiger partial charge is 0.371 e. The van der Waals surface area contributed by atoms with Crippen LogP contribution in [0.5, 0.6) is 0 Å². The second-order valence-electron chi connectivity index (χ2n) is 8.11. The number of amides is 2. The lowest BCUT2D eigenvalue weighted by molar-refractivity contribution is 0.0950. The summed E-state index contributed by atoms with van der Waals surface area (Å²) in [7, 11) is 0. The number of anilines is 2. The number of piperidine rings is 1. The fourth-order valence-corrected chi connectivity index (χ4v) is 3.62. The number of hydrogen-bond acceptors (Lipinski definition) is 3. The van der Waals surface area contributed by atoms with Crippen molar-refractivity contribution >= 4 is 23.2 Å². The SMILES string of the molecule is CC1CCN(c2ccc(NC(=O)c3ccc(F)cc3)cc2C(=O)NC2CC2)CC1. The molecule has 2 amide bonds. The topological polar surface area (TPSA) is 61.4 Å². The standard InChI is InChI=1S/C23H26FN3O2/c1-15-10-12-27(13-11-15)21-9-8-19(14-20(21)23(29)25-18-6-7-18)26-22(28)16-2-4-17(24)5-3-16/h2-5,8-9,14-15,18H,6-7,10-13H2,1H3,(H,25,29)(H,26,28). The first kappa shape index (κ1) is 19.4. The lowest BCUT2D eigenvalue weighted by atomic mass is 9.97. The van der Waals surface area contributed by atoms with Gasteiger partial charge in [0.1, 0.15) is 5.82 Å². The Balaban J connectivity index is 1.57. The van der Waals surface area contributed by atoms with E-state index in [0.717, 1.165) is 44.5 Å². The van der Waals surface area contributed by atoms with Crippen LogP contribution in [-0.2, 0) is 0 Å². The summed E-state index contributed by atoms with van der Waals surface area (Å²) >= 11 is 0. The summed E-state index contributed by atoms with van der Waals surface area (Å²) < 4.78 is 13.1. The number of halogens is 1. The Kier molecular flexibility index (Phi) is 5.51. The molecule has 29 heavy (non-hydrogen) atoms. The fourth-order valence-electron chi connectivity index (χ4n) is 3.62. The van der Waals surface area contributed by atoms with Gasteiger partial charge in [-0.1, -0.05) is 6.92 Å². The Labute approximate surface area is 170 Å². The first-order valence-electron chi connectivity index (χ1n) is 10.3. The second kappa shape index (κ2) is 8.23. The van der Waals surface area contributed by atoms with Crippen LogP contribution in [0.3, 0.4) is 0 Å². The maximum Gasteiger partial charge on any atom is 0.255 e. The average molecular weight is 395 g/mol. The number of nitrogens with one attached hydrogen (secondary N) is 2. The van der Waals surface area contributed by atoms with Crippen molar-refractivity contribution in [1.82, 2.24) is 5.32 Å². The number of hydrogen-bond donors (Lipinski definition) is 2. The Morgan fingerprint density at radius 1 is 0.966 bits per heavy atom. The predicted octanol–water partition coefficient (Wildman–Crippen LogP) is 4.21. The Hall–Kier alpha value is -2.89. The van der Waals surface area contributed by atoms with Crippen LogP contribution < -0.4 is 15.5 Å². The number of nitrogens with zero attached hydrogens (tertiary/aromatic N) is 1. The van der Waals surface area contributed by atoms with Gasteiger partial charge in [0.15, 0.2) is 0 Å². The highest BCUT2D eigenvalue weighted by atomic mass is 19.1. The average Bonchev–Trinajstić information content (AvgIpc) is 3.53. The molecule has 1 aliphatic heterocycles. The molecule has 152 valence electrons. The maximum atomic E-state index is 13.1. The third-order valence-electron chi connectivity index (χ3n) is 5.64. The third-order valence-corrected chi connectivity index (χ3v) is 5.64. The van der Waals surface area contributed by atoms with E-state index >= 15 is 0 Å². The molecule has 0 spiro atoms. The summed E-state index contributed by atoms with van der Waals surface area (Å²) in [4.78, 5) is 27.6. The summed E-state index contributed by atoms with van der Waals surface area (Å²) in [5.74, 6) is -0.123. The number of benzene rings is 2. The molecule has 1 saturated heterocycles. The molecular formula is C23H26FN3O2. The third kappa shape index (κ3) is 4.75. The van der Waals surface area contributed by atoms with Crippen molar-refractivity contribution in [1.29, 1.82) is 0 Å². The normalized spacial score (nSPS) is 17.1. The Bertz CT molecular complexity index is 901. The van der Waals surface area contributed by atoms with E-state index in [9.17, 15) is 14.0 Å². The van der Waals surface area contributed by atoms with E-state index in [4.69, 9.17) is 0 Å². The van der Waals surface area contributed by atoms with E-state index in [2.05, 4.69) is 22.5 Å². The number of carbonyl (C=O) groups excluding carboxylic acids is 2. The molecule has 0 radical (unpaired) electrons. The zero-order chi connectivity index (χ0) is 20.4. The molecule has 2 aromatic rings. The summed E-state index contributed by atoms with van der Waals surface area (Å²) in [5, 5.41) is 5.88. The van der Waals surface area contributed by atoms with Crippen molar-refractivity contribution in [3.05, 3.63) is 59.4 Å². The molecule has 0 atom stereocenters. The summed E-state index contributed by atoms with van der Waals surface area (Å²) in [6.07, 6.45) is 4.24. The lowest BCUT2D eigenvalue weighted by Gasteiger charge is -2.33. The van der Waals surface area contributed by atoms with Crippen molar-refractivity contribution in [2.45, 2.75) is 38.6 Å². The number of carbonyl (C=O) groups is 2. The molecule has 6 heteroatoms. The van der Waals surface area contributed by atoms with Crippen LogP contribution >= 0.6 is 0 Å². The van der Waals surface area contributed by atoms with E-state index in [0.29, 0.717) is 22.7 Å². The highest BCUT2D eigenvalue weighted by Crippen LogP contribution is 2.30. The molecule has 2 fully saturated rings. The van der Waals surface area contributed by atoms with Crippen LogP contribution in [0.25, 0.3) is 0 Å². The van der Waals surface area contributed by atoms with E-state index < -0.39 is 0 Å². The van der Waals surface area contributed by atoms with Gasteiger partial charge in [0, 0.05) is 36.1 Å². The smallest absolute Gasteiger partial charge is 0.255 e. The molecule has 2 aliphatic rings. The minimum absolute atomic E-state index is 0.0981. The minimum Gasteiger partial charge on any atom is -0.371 e. The van der Waals surface area contributed by atoms with Crippen LogP contribution in [0.15, 0.2) is 42.5 Å². The Morgan fingerprint density at radius 3 is 2.31 bits per heavy atom. The molecule has 2 N–H and O–H groups in total. The first-order chi connectivity index (χ1) is 14.0. The molecular weight excluding hydrogens is 369 g/mol. The molecule has 0 bridgehead atoms. The maximum absolute atomic E-state index is 13.1. The van der Waals surface area contributed by atoms with Crippen molar-refractivity contribution in [3.8, 4) is 0 Å². The molecule has 0 aromatic heterocycles. The zero-order valence-electron chi connectivity index (χ0n) is 16.6. The second-order valence-corrected chi connectivity index (χ2v) is 8.11. The molecule has 4 rings (SSSR count). The van der Waals surface area contributed by atoms with Crippen molar-refractivity contribution in [3.63, 3.8) is 0 Å². The van der Waals surface area contributed by atoms with Gasteiger partial charge in [-0.2, -0.15) is 0 Å². The van der Waals surface area contributed by atoms with Gasteiger partial charge in [0.25, 0.3) is 11.8 Å². The van der Waals surface area contributed by atoms with Crippen LogP contribution in [-0.4, -0.2) is 30.9 Å². The van der Waals surface area contributed by atoms with Crippen LogP contribution in [0, 0.1) is 11.7 Å². The van der Waals surface area contributed by atoms with E-state index in [-0.39, 0.29) is 23.7 Å². The molecule has 1 heterocycles. The molecule has 2 aromatic carbocycles. The lowest BCUT2D eigenvalue weighted by Crippen LogP contribution is -2.35. The zero-order valence-corrected chi connectivity index (χ0v) is 16.6. The predicted molar refractivity (Wildman–Crippen MR) is 112 cm³/mol. The molecule has 5 nitrogen and oxygen atoms in total. The molecule has 1 aliphatic carbocycles. The highest BCUT2D eigenvalue weighted by Gasteiger charge is 2.27. The van der Waals surface area contributed by atoms with Gasteiger partial charge in [-0.15, -0.1) is 0 Å². The quantitative estimate of drug-likeness (QED) is 0.797. The van der Waals surface area contributed by atoms with Crippen molar-refractivity contribution in [2.75, 3.05) is 23.3 Å². The van der Waals surface area contributed by atoms with Crippen LogP contribution in [0.4, 0.5) is 15.8 Å². The first-order valence-corrected chi connectivity index (χ1v) is 10.3. The number of rotatable bonds is 5. The summed E-state index contributed by atoms with van der Waals surface area (Å²) in [6.45, 7) is 4.10. The van der Waals surface area contributed by atoms with Gasteiger partial charge in [0.05, 0.1) is 5.56 Å². The van der Waals surface area contributed by atoms with E-state index in [1.807, 2.05) is 12.1 Å². The summed E-state index contributed by atoms with van der Waals surface area (Å²) in [5.41, 5.74) is 2.41.